The highest BCUT2D eigenvalue weighted by atomic mass is 28.4. The average molecular weight is 895 g/mol. The molecule has 0 amide bonds. The number of benzene rings is 6. The van der Waals surface area contributed by atoms with E-state index in [1.807, 2.05) is 133 Å². The van der Waals surface area contributed by atoms with Gasteiger partial charge in [0.2, 0.25) is 0 Å². The molecule has 6 aromatic rings. The smallest absolute Gasteiger partial charge is 0.338 e. The van der Waals surface area contributed by atoms with E-state index in [2.05, 4.69) is 45.0 Å². The van der Waals surface area contributed by atoms with Crippen molar-refractivity contribution in [3.05, 3.63) is 204 Å². The maximum atomic E-state index is 14.0. The van der Waals surface area contributed by atoms with Gasteiger partial charge >= 0.3 is 5.97 Å². The molecule has 0 radical (unpaired) electrons. The first-order valence-electron chi connectivity index (χ1n) is 22.3. The summed E-state index contributed by atoms with van der Waals surface area (Å²) in [5, 5.41) is 13.6. The topological polar surface area (TPSA) is 111 Å². The Hall–Kier alpha value is -5.31. The third-order valence-electron chi connectivity index (χ3n) is 11.9. The summed E-state index contributed by atoms with van der Waals surface area (Å²) in [7, 11) is -3.08. The van der Waals surface area contributed by atoms with Crippen molar-refractivity contribution in [2.45, 2.75) is 94.8 Å². The molecule has 6 aromatic carbocycles. The minimum Gasteiger partial charge on any atom is -0.450 e. The van der Waals surface area contributed by atoms with Crippen molar-refractivity contribution in [1.29, 1.82) is 0 Å². The Morgan fingerprint density at radius 1 is 0.538 bits per heavy atom. The van der Waals surface area contributed by atoms with Crippen LogP contribution in [0.4, 0.5) is 0 Å². The van der Waals surface area contributed by atoms with Crippen LogP contribution in [0, 0.1) is 0 Å². The molecule has 2 heterocycles. The van der Waals surface area contributed by atoms with E-state index in [4.69, 9.17) is 37.6 Å². The lowest BCUT2D eigenvalue weighted by Crippen LogP contribution is -2.67. The number of hydrogen-bond donors (Lipinski definition) is 1. The van der Waals surface area contributed by atoms with Crippen molar-refractivity contribution >= 4 is 24.7 Å². The molecule has 0 aliphatic carbocycles. The SMILES string of the molecule is CC(C)(C)[Si](OC[C@H]1O[C@H](O)[C@@H](OCc2ccccc2)[C@@H]1O[C@H]1O[C@H](COCc2ccccc2)[C@@H](OCc2ccccc2)[C@@H]1OC(=O)c1ccccc1)(c1ccccc1)c1ccccc1. The standard InChI is InChI=1S/C54H58O10Si/c1-54(2,3)65(43-30-18-8-19-31-43,44-32-20-9-21-33-44)60-38-46-48(49(52(56)61-46)59-36-41-26-14-6-15-27-41)64-53-50(63-51(55)42-28-16-7-17-29-42)47(58-35-40-24-12-5-13-25-40)45(62-53)37-57-34-39-22-10-4-11-23-39/h4-33,45-50,52-53,56H,34-38H2,1-3H3/t45-,46-,47-,48-,49+,50+,52+,53-/m1/s1. The fourth-order valence-corrected chi connectivity index (χ4v) is 13.3. The summed E-state index contributed by atoms with van der Waals surface area (Å²) in [4.78, 5) is 14.0. The number of aliphatic hydroxyl groups is 1. The molecule has 0 spiro atoms. The summed E-state index contributed by atoms with van der Waals surface area (Å²) in [6.45, 7) is 7.46. The number of rotatable bonds is 19. The van der Waals surface area contributed by atoms with Crippen LogP contribution in [-0.2, 0) is 57.4 Å². The normalized spacial score (nSPS) is 23.3. The summed E-state index contributed by atoms with van der Waals surface area (Å²) in [6, 6.07) is 58.8. The zero-order valence-corrected chi connectivity index (χ0v) is 38.1. The molecular weight excluding hydrogens is 837 g/mol. The van der Waals surface area contributed by atoms with Crippen LogP contribution in [0.15, 0.2) is 182 Å². The molecule has 0 aromatic heterocycles. The summed E-state index contributed by atoms with van der Waals surface area (Å²) < 4.78 is 53.4. The molecular formula is C54H58O10Si. The quantitative estimate of drug-likeness (QED) is 0.0635. The Labute approximate surface area is 383 Å². The van der Waals surface area contributed by atoms with Gasteiger partial charge in [0.05, 0.1) is 38.6 Å². The summed E-state index contributed by atoms with van der Waals surface area (Å²) in [6.07, 6.45) is -8.04. The van der Waals surface area contributed by atoms with E-state index in [-0.39, 0.29) is 31.5 Å². The van der Waals surface area contributed by atoms with Gasteiger partial charge in [-0.15, -0.1) is 0 Å². The van der Waals surface area contributed by atoms with Gasteiger partial charge in [-0.3, -0.25) is 0 Å². The second kappa shape index (κ2) is 21.8. The Balaban J connectivity index is 1.14. The van der Waals surface area contributed by atoms with Crippen molar-refractivity contribution in [3.8, 4) is 0 Å². The predicted molar refractivity (Wildman–Crippen MR) is 250 cm³/mol. The third kappa shape index (κ3) is 11.2. The highest BCUT2D eigenvalue weighted by molar-refractivity contribution is 6.99. The van der Waals surface area contributed by atoms with Gasteiger partial charge in [-0.05, 0) is 44.2 Å². The zero-order chi connectivity index (χ0) is 45.1. The van der Waals surface area contributed by atoms with Crippen molar-refractivity contribution in [1.82, 2.24) is 0 Å². The maximum Gasteiger partial charge on any atom is 0.338 e. The van der Waals surface area contributed by atoms with Crippen LogP contribution in [0.25, 0.3) is 0 Å². The number of esters is 1. The lowest BCUT2D eigenvalue weighted by Gasteiger charge is -2.43. The van der Waals surface area contributed by atoms with E-state index in [9.17, 15) is 9.90 Å². The molecule has 0 unspecified atom stereocenters. The second-order valence-corrected chi connectivity index (χ2v) is 21.7. The Morgan fingerprint density at radius 2 is 0.985 bits per heavy atom. The van der Waals surface area contributed by atoms with Crippen molar-refractivity contribution in [2.75, 3.05) is 13.2 Å². The molecule has 11 heteroatoms. The monoisotopic (exact) mass is 894 g/mol. The molecule has 8 rings (SSSR count). The summed E-state index contributed by atoms with van der Waals surface area (Å²) in [5.41, 5.74) is 3.18. The Kier molecular flexibility index (Phi) is 15.5. The number of aliphatic hydroxyl groups excluding tert-OH is 1. The fraction of sp³-hybridized carbons (Fsp3) is 0.315. The average Bonchev–Trinajstić information content (AvgIpc) is 3.82. The van der Waals surface area contributed by atoms with Gasteiger partial charge in [0.25, 0.3) is 8.32 Å². The first kappa shape index (κ1) is 46.2. The minimum atomic E-state index is -3.08. The Bertz CT molecular complexity index is 2300. The van der Waals surface area contributed by atoms with Crippen LogP contribution in [0.1, 0.15) is 47.8 Å². The molecule has 338 valence electrons. The van der Waals surface area contributed by atoms with Crippen molar-refractivity contribution < 1.29 is 47.5 Å². The molecule has 2 aliphatic rings. The Morgan fingerprint density at radius 3 is 1.49 bits per heavy atom. The van der Waals surface area contributed by atoms with Gasteiger partial charge in [-0.2, -0.15) is 0 Å². The van der Waals surface area contributed by atoms with Gasteiger partial charge < -0.3 is 42.7 Å². The van der Waals surface area contributed by atoms with Gasteiger partial charge in [0, 0.05) is 0 Å². The van der Waals surface area contributed by atoms with E-state index in [0.29, 0.717) is 12.2 Å². The van der Waals surface area contributed by atoms with E-state index in [0.717, 1.165) is 27.1 Å². The largest absolute Gasteiger partial charge is 0.450 e. The number of carbonyl (C=O) groups excluding carboxylic acids is 1. The molecule has 2 saturated heterocycles. The molecule has 0 saturated carbocycles. The fourth-order valence-electron chi connectivity index (χ4n) is 8.74. The highest BCUT2D eigenvalue weighted by Gasteiger charge is 2.56. The van der Waals surface area contributed by atoms with E-state index >= 15 is 0 Å². The lowest BCUT2D eigenvalue weighted by molar-refractivity contribution is -0.222. The first-order valence-corrected chi connectivity index (χ1v) is 24.2. The van der Waals surface area contributed by atoms with E-state index in [1.54, 1.807) is 24.3 Å². The van der Waals surface area contributed by atoms with Crippen LogP contribution >= 0.6 is 0 Å². The number of hydrogen-bond acceptors (Lipinski definition) is 10. The van der Waals surface area contributed by atoms with Crippen LogP contribution in [0.2, 0.25) is 5.04 Å². The number of carbonyl (C=O) groups is 1. The number of ether oxygens (including phenoxy) is 7. The van der Waals surface area contributed by atoms with E-state index < -0.39 is 63.5 Å². The van der Waals surface area contributed by atoms with Crippen molar-refractivity contribution in [3.63, 3.8) is 0 Å². The van der Waals surface area contributed by atoms with Crippen LogP contribution in [-0.4, -0.2) is 81.8 Å². The van der Waals surface area contributed by atoms with Gasteiger partial charge in [-0.1, -0.05) is 191 Å². The molecule has 65 heavy (non-hydrogen) atoms. The molecule has 2 fully saturated rings. The summed E-state index contributed by atoms with van der Waals surface area (Å²) >= 11 is 0. The maximum absolute atomic E-state index is 14.0. The predicted octanol–water partition coefficient (Wildman–Crippen LogP) is 8.00. The van der Waals surface area contributed by atoms with Gasteiger partial charge in [0.15, 0.2) is 18.7 Å². The zero-order valence-electron chi connectivity index (χ0n) is 37.1. The minimum absolute atomic E-state index is 0.0406. The summed E-state index contributed by atoms with van der Waals surface area (Å²) in [5.74, 6) is -0.571. The van der Waals surface area contributed by atoms with Crippen LogP contribution in [0.5, 0.6) is 0 Å². The van der Waals surface area contributed by atoms with E-state index in [1.165, 1.54) is 0 Å². The highest BCUT2D eigenvalue weighted by Crippen LogP contribution is 2.39. The van der Waals surface area contributed by atoms with Gasteiger partial charge in [0.1, 0.15) is 30.5 Å². The van der Waals surface area contributed by atoms with Crippen LogP contribution in [0.3, 0.4) is 0 Å². The van der Waals surface area contributed by atoms with Crippen molar-refractivity contribution in [2.24, 2.45) is 0 Å². The molecule has 10 nitrogen and oxygen atoms in total. The lowest BCUT2D eigenvalue weighted by atomic mass is 10.1. The molecule has 8 atom stereocenters. The molecule has 0 bridgehead atoms. The van der Waals surface area contributed by atoms with Gasteiger partial charge in [-0.25, -0.2) is 4.79 Å². The first-order chi connectivity index (χ1) is 31.7. The third-order valence-corrected chi connectivity index (χ3v) is 16.9. The second-order valence-electron chi connectivity index (χ2n) is 17.4. The molecule has 2 aliphatic heterocycles. The van der Waals surface area contributed by atoms with Crippen LogP contribution < -0.4 is 10.4 Å². The molecule has 1 N–H and O–H groups in total.